The Morgan fingerprint density at radius 2 is 1.75 bits per heavy atom. The number of halogens is 3. The average molecular weight is 328 g/mol. The first-order chi connectivity index (χ1) is 11.4. The highest BCUT2D eigenvalue weighted by atomic mass is 19.4. The fraction of sp³-hybridized carbons (Fsp3) is 0.0556. The van der Waals surface area contributed by atoms with Gasteiger partial charge in [-0.2, -0.15) is 13.2 Å². The van der Waals surface area contributed by atoms with Crippen LogP contribution in [-0.4, -0.2) is 15.8 Å². The molecule has 1 aromatic carbocycles. The molecule has 3 rings (SSSR count). The van der Waals surface area contributed by atoms with Crippen LogP contribution in [-0.2, 0) is 6.18 Å². The summed E-state index contributed by atoms with van der Waals surface area (Å²) in [6, 6.07) is 10.1. The molecular formula is C18H11F3N2O. The largest absolute Gasteiger partial charge is 0.418 e. The van der Waals surface area contributed by atoms with Gasteiger partial charge in [-0.3, -0.25) is 9.78 Å². The van der Waals surface area contributed by atoms with Crippen LogP contribution in [0.2, 0.25) is 0 Å². The van der Waals surface area contributed by atoms with Gasteiger partial charge in [0.2, 0.25) is 0 Å². The Balaban J connectivity index is 1.96. The standard InChI is InChI=1S/C18H11F3N2O/c19-18(20,21)15-3-1-2-13-4-5-14(23-17(13)15)6-7-16(24)12-8-10-22-11-9-12/h1-11H/b7-6+. The third kappa shape index (κ3) is 3.32. The maximum atomic E-state index is 13.1. The Morgan fingerprint density at radius 1 is 1.00 bits per heavy atom. The second kappa shape index (κ2) is 6.23. The van der Waals surface area contributed by atoms with E-state index < -0.39 is 11.7 Å². The van der Waals surface area contributed by atoms with E-state index in [9.17, 15) is 18.0 Å². The summed E-state index contributed by atoms with van der Waals surface area (Å²) in [5.74, 6) is -0.275. The summed E-state index contributed by atoms with van der Waals surface area (Å²) in [7, 11) is 0. The molecule has 0 unspecified atom stereocenters. The molecule has 0 radical (unpaired) electrons. The molecule has 0 saturated carbocycles. The molecule has 120 valence electrons. The minimum absolute atomic E-state index is 0.136. The third-order valence-electron chi connectivity index (χ3n) is 3.42. The number of alkyl halides is 3. The van der Waals surface area contributed by atoms with Crippen LogP contribution in [0.5, 0.6) is 0 Å². The number of ketones is 1. The average Bonchev–Trinajstić information content (AvgIpc) is 2.59. The van der Waals surface area contributed by atoms with Crippen molar-refractivity contribution in [2.45, 2.75) is 6.18 Å². The van der Waals surface area contributed by atoms with E-state index in [-0.39, 0.29) is 17.0 Å². The Kier molecular flexibility index (Phi) is 4.12. The molecule has 0 saturated heterocycles. The maximum Gasteiger partial charge on any atom is 0.418 e. The first kappa shape index (κ1) is 15.9. The number of pyridine rings is 2. The first-order valence-corrected chi connectivity index (χ1v) is 7.04. The molecule has 0 aliphatic carbocycles. The third-order valence-corrected chi connectivity index (χ3v) is 3.42. The van der Waals surface area contributed by atoms with Gasteiger partial charge in [-0.15, -0.1) is 0 Å². The predicted molar refractivity (Wildman–Crippen MR) is 84.3 cm³/mol. The van der Waals surface area contributed by atoms with E-state index in [1.54, 1.807) is 30.3 Å². The maximum absolute atomic E-state index is 13.1. The van der Waals surface area contributed by atoms with Crippen LogP contribution in [0.3, 0.4) is 0 Å². The highest BCUT2D eigenvalue weighted by Crippen LogP contribution is 2.33. The molecule has 3 nitrogen and oxygen atoms in total. The molecule has 0 atom stereocenters. The van der Waals surface area contributed by atoms with Crippen LogP contribution in [0.4, 0.5) is 13.2 Å². The lowest BCUT2D eigenvalue weighted by Gasteiger charge is -2.09. The van der Waals surface area contributed by atoms with Gasteiger partial charge < -0.3 is 0 Å². The van der Waals surface area contributed by atoms with Crippen molar-refractivity contribution in [1.82, 2.24) is 9.97 Å². The number of hydrogen-bond acceptors (Lipinski definition) is 3. The lowest BCUT2D eigenvalue weighted by atomic mass is 10.1. The van der Waals surface area contributed by atoms with Crippen LogP contribution >= 0.6 is 0 Å². The first-order valence-electron chi connectivity index (χ1n) is 7.04. The molecule has 0 aliphatic rings. The summed E-state index contributed by atoms with van der Waals surface area (Å²) < 4.78 is 39.2. The lowest BCUT2D eigenvalue weighted by molar-refractivity contribution is -0.136. The molecule has 0 bridgehead atoms. The van der Waals surface area contributed by atoms with Gasteiger partial charge in [-0.05, 0) is 36.4 Å². The molecule has 0 N–H and O–H groups in total. The van der Waals surface area contributed by atoms with Gasteiger partial charge in [-0.25, -0.2) is 4.98 Å². The van der Waals surface area contributed by atoms with Crippen molar-refractivity contribution in [2.75, 3.05) is 0 Å². The fourth-order valence-electron chi connectivity index (χ4n) is 2.26. The summed E-state index contributed by atoms with van der Waals surface area (Å²) in [6.07, 6.45) is 1.17. The summed E-state index contributed by atoms with van der Waals surface area (Å²) in [6.45, 7) is 0. The molecule has 0 amide bonds. The zero-order chi connectivity index (χ0) is 17.2. The van der Waals surface area contributed by atoms with Gasteiger partial charge in [0.05, 0.1) is 16.8 Å². The van der Waals surface area contributed by atoms with Crippen molar-refractivity contribution in [3.05, 3.63) is 77.8 Å². The number of benzene rings is 1. The molecule has 6 heteroatoms. The minimum atomic E-state index is -4.48. The van der Waals surface area contributed by atoms with Crippen molar-refractivity contribution in [3.63, 3.8) is 0 Å². The summed E-state index contributed by atoms with van der Waals surface area (Å²) in [5, 5.41) is 0.391. The molecule has 24 heavy (non-hydrogen) atoms. The molecule has 0 aliphatic heterocycles. The number of rotatable bonds is 3. The van der Waals surface area contributed by atoms with Crippen molar-refractivity contribution in [3.8, 4) is 0 Å². The number of para-hydroxylation sites is 1. The van der Waals surface area contributed by atoms with E-state index >= 15 is 0 Å². The van der Waals surface area contributed by atoms with Crippen molar-refractivity contribution in [2.24, 2.45) is 0 Å². The van der Waals surface area contributed by atoms with Crippen molar-refractivity contribution in [1.29, 1.82) is 0 Å². The van der Waals surface area contributed by atoms with Crippen LogP contribution in [0, 0.1) is 0 Å². The number of nitrogens with zero attached hydrogens (tertiary/aromatic N) is 2. The molecule has 0 spiro atoms. The number of hydrogen-bond donors (Lipinski definition) is 0. The minimum Gasteiger partial charge on any atom is -0.289 e. The van der Waals surface area contributed by atoms with Gasteiger partial charge in [0.1, 0.15) is 0 Å². The molecule has 0 fully saturated rings. The van der Waals surface area contributed by atoms with Crippen LogP contribution < -0.4 is 0 Å². The SMILES string of the molecule is O=C(/C=C/c1ccc2cccc(C(F)(F)F)c2n1)c1ccncc1. The Morgan fingerprint density at radius 3 is 2.46 bits per heavy atom. The number of allylic oxidation sites excluding steroid dienone is 1. The predicted octanol–water partition coefficient (Wildman–Crippen LogP) is 4.54. The topological polar surface area (TPSA) is 42.9 Å². The summed E-state index contributed by atoms with van der Waals surface area (Å²) in [4.78, 5) is 19.8. The Labute approximate surface area is 135 Å². The van der Waals surface area contributed by atoms with Crippen LogP contribution in [0.1, 0.15) is 21.6 Å². The highest BCUT2D eigenvalue weighted by molar-refractivity contribution is 6.06. The second-order valence-electron chi connectivity index (χ2n) is 5.04. The summed E-state index contributed by atoms with van der Waals surface area (Å²) >= 11 is 0. The van der Waals surface area contributed by atoms with Crippen molar-refractivity contribution >= 4 is 22.8 Å². The van der Waals surface area contributed by atoms with Gasteiger partial charge in [0, 0.05) is 23.3 Å². The molecule has 3 aromatic rings. The molecule has 2 heterocycles. The number of aromatic nitrogens is 2. The molecular weight excluding hydrogens is 317 g/mol. The Hall–Kier alpha value is -3.02. The van der Waals surface area contributed by atoms with Crippen molar-refractivity contribution < 1.29 is 18.0 Å². The van der Waals surface area contributed by atoms with E-state index in [1.807, 2.05) is 0 Å². The molecule has 2 aromatic heterocycles. The van der Waals surface area contributed by atoms with Crippen LogP contribution in [0.15, 0.2) is 60.9 Å². The van der Waals surface area contributed by atoms with Gasteiger partial charge in [0.15, 0.2) is 5.78 Å². The van der Waals surface area contributed by atoms with E-state index in [0.717, 1.165) is 6.07 Å². The number of fused-ring (bicyclic) bond motifs is 1. The van der Waals surface area contributed by atoms with E-state index in [2.05, 4.69) is 9.97 Å². The van der Waals surface area contributed by atoms with Gasteiger partial charge in [0.25, 0.3) is 0 Å². The smallest absolute Gasteiger partial charge is 0.289 e. The van der Waals surface area contributed by atoms with Gasteiger partial charge in [-0.1, -0.05) is 18.2 Å². The van der Waals surface area contributed by atoms with E-state index in [1.165, 1.54) is 30.6 Å². The monoisotopic (exact) mass is 328 g/mol. The lowest BCUT2D eigenvalue weighted by Crippen LogP contribution is -2.06. The van der Waals surface area contributed by atoms with Gasteiger partial charge >= 0.3 is 6.18 Å². The Bertz CT molecular complexity index is 918. The normalized spacial score (nSPS) is 12.0. The fourth-order valence-corrected chi connectivity index (χ4v) is 2.26. The number of carbonyl (C=O) groups is 1. The quantitative estimate of drug-likeness (QED) is 0.523. The number of carbonyl (C=O) groups excluding carboxylic acids is 1. The highest BCUT2D eigenvalue weighted by Gasteiger charge is 2.33. The second-order valence-corrected chi connectivity index (χ2v) is 5.04. The zero-order valence-corrected chi connectivity index (χ0v) is 12.3. The van der Waals surface area contributed by atoms with E-state index in [4.69, 9.17) is 0 Å². The van der Waals surface area contributed by atoms with Crippen LogP contribution in [0.25, 0.3) is 17.0 Å². The van der Waals surface area contributed by atoms with E-state index in [0.29, 0.717) is 10.9 Å². The summed E-state index contributed by atoms with van der Waals surface area (Å²) in [5.41, 5.74) is -0.209. The zero-order valence-electron chi connectivity index (χ0n) is 12.3.